The molecule has 2 N–H and O–H groups in total. The van der Waals surface area contributed by atoms with E-state index in [4.69, 9.17) is 0 Å². The van der Waals surface area contributed by atoms with E-state index in [-0.39, 0.29) is 17.8 Å². The summed E-state index contributed by atoms with van der Waals surface area (Å²) in [5, 5.41) is 19.8. The molecule has 1 aliphatic rings. The van der Waals surface area contributed by atoms with Gasteiger partial charge in [-0.3, -0.25) is 9.78 Å². The van der Waals surface area contributed by atoms with E-state index in [9.17, 15) is 33.0 Å². The fraction of sp³-hybridized carbons (Fsp3) is 0.211. The van der Waals surface area contributed by atoms with Gasteiger partial charge in [-0.2, -0.15) is 13.2 Å². The number of aromatic nitrogens is 2. The molecular formula is C19H13F3N2O4. The fourth-order valence-electron chi connectivity index (χ4n) is 3.69. The molecule has 3 heterocycles. The first-order valence-corrected chi connectivity index (χ1v) is 8.32. The van der Waals surface area contributed by atoms with E-state index in [1.54, 1.807) is 12.1 Å². The minimum atomic E-state index is -4.55. The Bertz CT molecular complexity index is 1170. The second-order valence-corrected chi connectivity index (χ2v) is 6.63. The summed E-state index contributed by atoms with van der Waals surface area (Å²) in [5.41, 5.74) is -0.952. The second kappa shape index (κ2) is 6.08. The maximum atomic E-state index is 12.7. The van der Waals surface area contributed by atoms with E-state index in [2.05, 4.69) is 4.98 Å². The molecule has 144 valence electrons. The standard InChI is InChI=1S/C19H13F3N2O4/c20-19(21,22)13-5-4-10(7-23-13)11-6-9-2-1-3-12-15(9)24(8-11)17(26)14(16(12)25)18(27)28/h1-5,7,11,25H,6,8H2,(H,27,28). The molecule has 0 bridgehead atoms. The van der Waals surface area contributed by atoms with Crippen LogP contribution < -0.4 is 5.56 Å². The molecule has 0 spiro atoms. The lowest BCUT2D eigenvalue weighted by Crippen LogP contribution is -2.32. The first-order chi connectivity index (χ1) is 13.2. The lowest BCUT2D eigenvalue weighted by atomic mass is 9.88. The number of hydrogen-bond donors (Lipinski definition) is 2. The Morgan fingerprint density at radius 3 is 2.57 bits per heavy atom. The zero-order chi connectivity index (χ0) is 20.2. The maximum absolute atomic E-state index is 12.7. The van der Waals surface area contributed by atoms with Gasteiger partial charge in [0.1, 0.15) is 11.4 Å². The van der Waals surface area contributed by atoms with Crippen LogP contribution in [0.25, 0.3) is 10.9 Å². The molecular weight excluding hydrogens is 377 g/mol. The van der Waals surface area contributed by atoms with Crippen LogP contribution in [0, 0.1) is 0 Å². The van der Waals surface area contributed by atoms with Gasteiger partial charge in [0.2, 0.25) is 0 Å². The number of halogens is 3. The first kappa shape index (κ1) is 18.0. The first-order valence-electron chi connectivity index (χ1n) is 8.32. The molecule has 0 fully saturated rings. The molecule has 28 heavy (non-hydrogen) atoms. The largest absolute Gasteiger partial charge is 0.506 e. The summed E-state index contributed by atoms with van der Waals surface area (Å²) in [7, 11) is 0. The molecule has 9 heteroatoms. The average Bonchev–Trinajstić information content (AvgIpc) is 2.65. The SMILES string of the molecule is O=C(O)c1c(O)c2cccc3c2n(c1=O)CC(c1ccc(C(F)(F)F)nc1)C3. The molecule has 1 atom stereocenters. The number of alkyl halides is 3. The summed E-state index contributed by atoms with van der Waals surface area (Å²) >= 11 is 0. The van der Waals surface area contributed by atoms with Crippen molar-refractivity contribution in [2.45, 2.75) is 25.1 Å². The van der Waals surface area contributed by atoms with Gasteiger partial charge >= 0.3 is 12.1 Å². The second-order valence-electron chi connectivity index (χ2n) is 6.63. The zero-order valence-electron chi connectivity index (χ0n) is 14.2. The Balaban J connectivity index is 1.85. The van der Waals surface area contributed by atoms with Crippen LogP contribution in [0.5, 0.6) is 5.75 Å². The predicted octanol–water partition coefficient (Wildman–Crippen LogP) is 3.16. The number of carboxylic acid groups (broad SMARTS) is 1. The van der Waals surface area contributed by atoms with Crippen molar-refractivity contribution in [2.24, 2.45) is 0 Å². The Labute approximate surface area is 155 Å². The Hall–Kier alpha value is -3.36. The minimum absolute atomic E-state index is 0.0694. The predicted molar refractivity (Wildman–Crippen MR) is 92.5 cm³/mol. The number of aromatic carboxylic acids is 1. The van der Waals surface area contributed by atoms with Gasteiger partial charge in [-0.15, -0.1) is 0 Å². The molecule has 0 amide bonds. The monoisotopic (exact) mass is 390 g/mol. The van der Waals surface area contributed by atoms with Gasteiger partial charge in [-0.25, -0.2) is 4.79 Å². The van der Waals surface area contributed by atoms with Crippen LogP contribution in [-0.2, 0) is 19.1 Å². The number of pyridine rings is 2. The number of hydrogen-bond acceptors (Lipinski definition) is 4. The maximum Gasteiger partial charge on any atom is 0.433 e. The van der Waals surface area contributed by atoms with E-state index < -0.39 is 34.7 Å². The van der Waals surface area contributed by atoms with Gasteiger partial charge in [-0.05, 0) is 29.7 Å². The topological polar surface area (TPSA) is 92.4 Å². The summed E-state index contributed by atoms with van der Waals surface area (Å²) in [6.45, 7) is 0.0694. The number of carbonyl (C=O) groups is 1. The van der Waals surface area contributed by atoms with Gasteiger partial charge in [0.15, 0.2) is 5.56 Å². The van der Waals surface area contributed by atoms with E-state index in [1.165, 1.54) is 16.7 Å². The Morgan fingerprint density at radius 2 is 1.96 bits per heavy atom. The van der Waals surface area contributed by atoms with Crippen molar-refractivity contribution in [3.63, 3.8) is 0 Å². The molecule has 1 aliphatic heterocycles. The Kier molecular flexibility index (Phi) is 3.91. The molecule has 0 radical (unpaired) electrons. The third kappa shape index (κ3) is 2.70. The van der Waals surface area contributed by atoms with Crippen molar-refractivity contribution in [1.82, 2.24) is 9.55 Å². The molecule has 2 aromatic heterocycles. The minimum Gasteiger partial charge on any atom is -0.506 e. The van der Waals surface area contributed by atoms with Gasteiger partial charge in [0.25, 0.3) is 5.56 Å². The summed E-state index contributed by atoms with van der Waals surface area (Å²) in [4.78, 5) is 27.6. The van der Waals surface area contributed by atoms with Crippen LogP contribution in [0.2, 0.25) is 0 Å². The summed E-state index contributed by atoms with van der Waals surface area (Å²) in [6.07, 6.45) is -3.01. The highest BCUT2D eigenvalue weighted by Crippen LogP contribution is 2.36. The van der Waals surface area contributed by atoms with Crippen LogP contribution in [0.1, 0.15) is 33.1 Å². The Morgan fingerprint density at radius 1 is 1.21 bits per heavy atom. The molecule has 1 aromatic carbocycles. The molecule has 1 unspecified atom stereocenters. The summed E-state index contributed by atoms with van der Waals surface area (Å²) in [6, 6.07) is 7.09. The molecule has 0 aliphatic carbocycles. The van der Waals surface area contributed by atoms with Crippen LogP contribution >= 0.6 is 0 Å². The lowest BCUT2D eigenvalue weighted by molar-refractivity contribution is -0.141. The van der Waals surface area contributed by atoms with Gasteiger partial charge in [0, 0.05) is 24.0 Å². The summed E-state index contributed by atoms with van der Waals surface area (Å²) in [5.74, 6) is -2.49. The molecule has 3 aromatic rings. The third-order valence-corrected chi connectivity index (χ3v) is 4.97. The van der Waals surface area contributed by atoms with Gasteiger partial charge in [0.05, 0.1) is 5.52 Å². The van der Waals surface area contributed by atoms with Crippen molar-refractivity contribution in [3.05, 3.63) is 69.3 Å². The summed E-state index contributed by atoms with van der Waals surface area (Å²) < 4.78 is 39.5. The zero-order valence-corrected chi connectivity index (χ0v) is 14.2. The van der Waals surface area contributed by atoms with Crippen molar-refractivity contribution in [1.29, 1.82) is 0 Å². The molecule has 0 saturated carbocycles. The fourth-order valence-corrected chi connectivity index (χ4v) is 3.69. The molecule has 0 saturated heterocycles. The average molecular weight is 390 g/mol. The van der Waals surface area contributed by atoms with Crippen LogP contribution in [-0.4, -0.2) is 25.7 Å². The number of rotatable bonds is 2. The highest BCUT2D eigenvalue weighted by Gasteiger charge is 2.33. The molecule has 6 nitrogen and oxygen atoms in total. The third-order valence-electron chi connectivity index (χ3n) is 4.97. The van der Waals surface area contributed by atoms with E-state index in [1.807, 2.05) is 0 Å². The van der Waals surface area contributed by atoms with E-state index >= 15 is 0 Å². The smallest absolute Gasteiger partial charge is 0.433 e. The van der Waals surface area contributed by atoms with Crippen molar-refractivity contribution >= 4 is 16.9 Å². The number of aromatic hydroxyl groups is 1. The number of para-hydroxylation sites is 1. The highest BCUT2D eigenvalue weighted by atomic mass is 19.4. The number of nitrogens with zero attached hydrogens (tertiary/aromatic N) is 2. The molecule has 4 rings (SSSR count). The van der Waals surface area contributed by atoms with Crippen LogP contribution in [0.3, 0.4) is 0 Å². The van der Waals surface area contributed by atoms with Gasteiger partial charge < -0.3 is 14.8 Å². The van der Waals surface area contributed by atoms with Crippen molar-refractivity contribution in [3.8, 4) is 5.75 Å². The normalized spacial score (nSPS) is 16.3. The quantitative estimate of drug-likeness (QED) is 0.701. The van der Waals surface area contributed by atoms with E-state index in [0.29, 0.717) is 23.1 Å². The van der Waals surface area contributed by atoms with Crippen LogP contribution in [0.15, 0.2) is 41.3 Å². The van der Waals surface area contributed by atoms with Crippen molar-refractivity contribution in [2.75, 3.05) is 0 Å². The number of carboxylic acids is 1. The van der Waals surface area contributed by atoms with Crippen molar-refractivity contribution < 1.29 is 28.2 Å². The lowest BCUT2D eigenvalue weighted by Gasteiger charge is -2.27. The highest BCUT2D eigenvalue weighted by molar-refractivity contribution is 5.99. The number of benzene rings is 1. The van der Waals surface area contributed by atoms with E-state index in [0.717, 1.165) is 12.3 Å². The van der Waals surface area contributed by atoms with Gasteiger partial charge in [-0.1, -0.05) is 18.2 Å². The van der Waals surface area contributed by atoms with Crippen LogP contribution in [0.4, 0.5) is 13.2 Å².